The van der Waals surface area contributed by atoms with E-state index in [0.717, 1.165) is 29.7 Å². The van der Waals surface area contributed by atoms with Crippen molar-refractivity contribution < 1.29 is 27.4 Å². The molecule has 0 amide bonds. The van der Waals surface area contributed by atoms with Crippen LogP contribution in [0.5, 0.6) is 11.5 Å². The minimum atomic E-state index is -4.88. The van der Waals surface area contributed by atoms with E-state index in [1.165, 1.54) is 35.4 Å². The molecule has 1 N–H and O–H groups in total. The summed E-state index contributed by atoms with van der Waals surface area (Å²) in [4.78, 5) is 22.8. The minimum Gasteiger partial charge on any atom is -0.505 e. The highest BCUT2D eigenvalue weighted by Crippen LogP contribution is 2.46. The number of rotatable bonds is 5. The van der Waals surface area contributed by atoms with Crippen molar-refractivity contribution in [2.24, 2.45) is 0 Å². The molecule has 1 aliphatic rings. The van der Waals surface area contributed by atoms with E-state index in [-0.39, 0.29) is 34.4 Å². The molecule has 7 nitrogen and oxygen atoms in total. The quantitative estimate of drug-likeness (QED) is 0.279. The Morgan fingerprint density at radius 3 is 2.75 bits per heavy atom. The standard InChI is InChI=1S/C24H15ClF3N3O4S/c25-17-6-5-15-18-22(36-20(15)19(17)32)30-21(31(23(18)33)9-13-8-29-10-34-13)16-7-12(35-24(26,27)28)3-4-14(16)11-1-2-11/h3-8,10-11,32H,1-2,9H2. The molecule has 2 aromatic carbocycles. The number of ether oxygens (including phenoxy) is 1. The van der Waals surface area contributed by atoms with Crippen molar-refractivity contribution in [1.29, 1.82) is 0 Å². The van der Waals surface area contributed by atoms with Gasteiger partial charge in [-0.2, -0.15) is 0 Å². The van der Waals surface area contributed by atoms with E-state index in [9.17, 15) is 23.1 Å². The normalized spacial score (nSPS) is 14.1. The first kappa shape index (κ1) is 22.9. The number of phenolic OH excluding ortho intramolecular Hbond substituents is 1. The van der Waals surface area contributed by atoms with Gasteiger partial charge in [0.2, 0.25) is 0 Å². The second-order valence-corrected chi connectivity index (χ2v) is 9.83. The number of fused-ring (bicyclic) bond motifs is 3. The summed E-state index contributed by atoms with van der Waals surface area (Å²) in [5, 5.41) is 11.3. The van der Waals surface area contributed by atoms with E-state index in [4.69, 9.17) is 21.0 Å². The zero-order chi connectivity index (χ0) is 25.2. The predicted octanol–water partition coefficient (Wildman–Crippen LogP) is 6.45. The molecular formula is C24H15ClF3N3O4S. The van der Waals surface area contributed by atoms with Gasteiger partial charge in [0.25, 0.3) is 5.56 Å². The van der Waals surface area contributed by atoms with Gasteiger partial charge in [-0.1, -0.05) is 23.7 Å². The van der Waals surface area contributed by atoms with E-state index < -0.39 is 17.7 Å². The largest absolute Gasteiger partial charge is 0.573 e. The summed E-state index contributed by atoms with van der Waals surface area (Å²) in [6, 6.07) is 7.22. The van der Waals surface area contributed by atoms with E-state index in [0.29, 0.717) is 26.2 Å². The lowest BCUT2D eigenvalue weighted by Crippen LogP contribution is -2.24. The summed E-state index contributed by atoms with van der Waals surface area (Å²) >= 11 is 7.15. The van der Waals surface area contributed by atoms with Crippen molar-refractivity contribution in [3.63, 3.8) is 0 Å². The Balaban J connectivity index is 1.66. The third-order valence-electron chi connectivity index (χ3n) is 6.00. The topological polar surface area (TPSA) is 90.4 Å². The number of thiophene rings is 1. The van der Waals surface area contributed by atoms with Crippen LogP contribution in [0.4, 0.5) is 13.2 Å². The molecular weight excluding hydrogens is 519 g/mol. The second-order valence-electron chi connectivity index (χ2n) is 8.42. The number of aromatic hydroxyl groups is 1. The molecule has 0 atom stereocenters. The molecule has 0 spiro atoms. The van der Waals surface area contributed by atoms with Crippen molar-refractivity contribution in [2.75, 3.05) is 0 Å². The zero-order valence-corrected chi connectivity index (χ0v) is 19.7. The van der Waals surface area contributed by atoms with Crippen molar-refractivity contribution in [1.82, 2.24) is 14.5 Å². The van der Waals surface area contributed by atoms with Gasteiger partial charge in [0.15, 0.2) is 12.1 Å². The number of benzene rings is 2. The molecule has 0 bridgehead atoms. The van der Waals surface area contributed by atoms with Crippen LogP contribution in [-0.2, 0) is 6.54 Å². The monoisotopic (exact) mass is 533 g/mol. The van der Waals surface area contributed by atoms with Gasteiger partial charge in [0.1, 0.15) is 22.2 Å². The average Bonchev–Trinajstić information content (AvgIpc) is 3.39. The Bertz CT molecular complexity index is 1690. The fraction of sp³-hybridized carbons (Fsp3) is 0.208. The molecule has 0 saturated heterocycles. The lowest BCUT2D eigenvalue weighted by atomic mass is 10.0. The Morgan fingerprint density at radius 2 is 2.06 bits per heavy atom. The van der Waals surface area contributed by atoms with Crippen LogP contribution >= 0.6 is 22.9 Å². The molecule has 0 unspecified atom stereocenters. The van der Waals surface area contributed by atoms with Crippen LogP contribution in [0.25, 0.3) is 31.7 Å². The van der Waals surface area contributed by atoms with E-state index in [1.54, 1.807) is 12.1 Å². The molecule has 1 aliphatic carbocycles. The number of nitrogens with zero attached hydrogens (tertiary/aromatic N) is 3. The maximum absolute atomic E-state index is 13.9. The molecule has 12 heteroatoms. The molecule has 0 aliphatic heterocycles. The zero-order valence-electron chi connectivity index (χ0n) is 18.2. The summed E-state index contributed by atoms with van der Waals surface area (Å²) < 4.78 is 50.2. The molecule has 6 rings (SSSR count). The van der Waals surface area contributed by atoms with Crippen LogP contribution in [0.1, 0.15) is 30.1 Å². The Morgan fingerprint density at radius 1 is 1.25 bits per heavy atom. The minimum absolute atomic E-state index is 0.0531. The molecule has 36 heavy (non-hydrogen) atoms. The fourth-order valence-corrected chi connectivity index (χ4v) is 5.61. The van der Waals surface area contributed by atoms with Crippen LogP contribution in [0.3, 0.4) is 0 Å². The van der Waals surface area contributed by atoms with Gasteiger partial charge in [0, 0.05) is 10.9 Å². The maximum Gasteiger partial charge on any atom is 0.573 e. The summed E-state index contributed by atoms with van der Waals surface area (Å²) in [5.74, 6) is 0.0788. The van der Waals surface area contributed by atoms with Gasteiger partial charge in [0.05, 0.1) is 27.9 Å². The lowest BCUT2D eigenvalue weighted by molar-refractivity contribution is -0.274. The molecule has 1 fully saturated rings. The third-order valence-corrected chi connectivity index (χ3v) is 7.41. The SMILES string of the molecule is O=c1c2c(nc(-c3cc(OC(F)(F)F)ccc3C3CC3)n1Cc1cnco1)sc1c(O)c(Cl)ccc12. The summed E-state index contributed by atoms with van der Waals surface area (Å²) in [6.07, 6.45) is -0.466. The van der Waals surface area contributed by atoms with Gasteiger partial charge in [-0.05, 0) is 42.5 Å². The second kappa shape index (κ2) is 8.24. The van der Waals surface area contributed by atoms with Crippen LogP contribution < -0.4 is 10.3 Å². The van der Waals surface area contributed by atoms with Crippen molar-refractivity contribution in [3.8, 4) is 22.9 Å². The molecule has 1 saturated carbocycles. The lowest BCUT2D eigenvalue weighted by Gasteiger charge is -2.17. The van der Waals surface area contributed by atoms with Crippen LogP contribution in [0.15, 0.2) is 52.1 Å². The summed E-state index contributed by atoms with van der Waals surface area (Å²) in [5.41, 5.74) is 0.690. The van der Waals surface area contributed by atoms with Gasteiger partial charge in [-0.15, -0.1) is 24.5 Å². The van der Waals surface area contributed by atoms with Crippen molar-refractivity contribution in [3.05, 3.63) is 69.6 Å². The fourth-order valence-electron chi connectivity index (χ4n) is 4.29. The summed E-state index contributed by atoms with van der Waals surface area (Å²) in [6.45, 7) is -0.0531. The maximum atomic E-state index is 13.9. The van der Waals surface area contributed by atoms with Crippen LogP contribution in [0.2, 0.25) is 5.02 Å². The number of hydrogen-bond donors (Lipinski definition) is 1. The Labute approximate surface area is 209 Å². The number of phenols is 1. The van der Waals surface area contributed by atoms with E-state index >= 15 is 0 Å². The number of oxazole rings is 1. The van der Waals surface area contributed by atoms with Gasteiger partial charge in [-0.25, -0.2) is 9.97 Å². The van der Waals surface area contributed by atoms with E-state index in [1.807, 2.05) is 0 Å². The van der Waals surface area contributed by atoms with Gasteiger partial charge < -0.3 is 14.3 Å². The first-order valence-electron chi connectivity index (χ1n) is 10.8. The highest BCUT2D eigenvalue weighted by molar-refractivity contribution is 7.25. The van der Waals surface area contributed by atoms with E-state index in [2.05, 4.69) is 9.72 Å². The molecule has 3 aromatic heterocycles. The first-order valence-corrected chi connectivity index (χ1v) is 12.0. The number of alkyl halides is 3. The number of hydrogen-bond acceptors (Lipinski definition) is 7. The van der Waals surface area contributed by atoms with Gasteiger partial charge in [-0.3, -0.25) is 9.36 Å². The van der Waals surface area contributed by atoms with Gasteiger partial charge >= 0.3 is 6.36 Å². The van der Waals surface area contributed by atoms with Crippen molar-refractivity contribution >= 4 is 43.2 Å². The molecule has 5 aromatic rings. The predicted molar refractivity (Wildman–Crippen MR) is 128 cm³/mol. The molecule has 3 heterocycles. The third kappa shape index (κ3) is 3.97. The highest BCUT2D eigenvalue weighted by atomic mass is 35.5. The smallest absolute Gasteiger partial charge is 0.505 e. The number of halogens is 4. The Kier molecular flexibility index (Phi) is 5.23. The average molecular weight is 534 g/mol. The van der Waals surface area contributed by atoms with Crippen molar-refractivity contribution in [2.45, 2.75) is 31.7 Å². The van der Waals surface area contributed by atoms with Crippen LogP contribution in [-0.4, -0.2) is 26.0 Å². The molecule has 184 valence electrons. The Hall–Kier alpha value is -3.57. The summed E-state index contributed by atoms with van der Waals surface area (Å²) in [7, 11) is 0. The molecule has 0 radical (unpaired) electrons. The first-order chi connectivity index (χ1) is 17.2. The van der Waals surface area contributed by atoms with Crippen LogP contribution in [0, 0.1) is 0 Å². The number of aromatic nitrogens is 3. The highest BCUT2D eigenvalue weighted by Gasteiger charge is 2.33.